The number of hydrogen-bond acceptors (Lipinski definition) is 1. The molecule has 2 nitrogen and oxygen atoms in total. The van der Waals surface area contributed by atoms with Gasteiger partial charge in [-0.05, 0) is 43.5 Å². The van der Waals surface area contributed by atoms with E-state index in [-0.39, 0.29) is 11.6 Å². The first kappa shape index (κ1) is 17.6. The van der Waals surface area contributed by atoms with Gasteiger partial charge in [0.25, 0.3) is 0 Å². The van der Waals surface area contributed by atoms with Crippen molar-refractivity contribution in [3.63, 3.8) is 0 Å². The molecule has 0 radical (unpaired) electrons. The average Bonchev–Trinajstić information content (AvgIpc) is 2.46. The molecule has 1 aromatic carbocycles. The Balaban J connectivity index is 2.89. The van der Waals surface area contributed by atoms with Crippen molar-refractivity contribution in [3.8, 4) is 0 Å². The quantitative estimate of drug-likeness (QED) is 0.370. The summed E-state index contributed by atoms with van der Waals surface area (Å²) in [6.07, 6.45) is 6.98. The highest BCUT2D eigenvalue weighted by Crippen LogP contribution is 2.14. The third-order valence-corrected chi connectivity index (χ3v) is 3.68. The van der Waals surface area contributed by atoms with Crippen LogP contribution >= 0.6 is 0 Å². The van der Waals surface area contributed by atoms with Gasteiger partial charge in [0, 0.05) is 11.6 Å². The van der Waals surface area contributed by atoms with Crippen LogP contribution in [0.1, 0.15) is 50.4 Å². The molecule has 0 spiro atoms. The number of halogens is 1. The summed E-state index contributed by atoms with van der Waals surface area (Å²) in [5.74, 6) is -0.371. The normalized spacial score (nSPS) is 12.0. The lowest BCUT2D eigenvalue weighted by Crippen LogP contribution is -2.44. The molecule has 0 N–H and O–H groups in total. The van der Waals surface area contributed by atoms with E-state index in [4.69, 9.17) is 0 Å². The van der Waals surface area contributed by atoms with Crippen LogP contribution in [-0.4, -0.2) is 29.9 Å². The van der Waals surface area contributed by atoms with E-state index in [9.17, 15) is 9.18 Å². The molecule has 0 atom stereocenters. The van der Waals surface area contributed by atoms with Crippen molar-refractivity contribution >= 4 is 5.78 Å². The molecule has 116 valence electrons. The lowest BCUT2D eigenvalue weighted by atomic mass is 10.1. The van der Waals surface area contributed by atoms with Gasteiger partial charge in [-0.1, -0.05) is 20.8 Å². The number of hydrogen-bond donors (Lipinski definition) is 0. The minimum atomic E-state index is -0.316. The summed E-state index contributed by atoms with van der Waals surface area (Å²) < 4.78 is 13.8. The molecule has 1 rings (SSSR count). The number of quaternary nitrogens is 1. The molecular formula is C18H27FNO+. The van der Waals surface area contributed by atoms with Gasteiger partial charge in [-0.2, -0.15) is 0 Å². The highest BCUT2D eigenvalue weighted by Gasteiger charge is 2.22. The van der Waals surface area contributed by atoms with Gasteiger partial charge >= 0.3 is 0 Å². The van der Waals surface area contributed by atoms with E-state index in [1.807, 2.05) is 6.20 Å². The minimum absolute atomic E-state index is 0.0548. The number of allylic oxidation sites excluding steroid dienone is 1. The smallest absolute Gasteiger partial charge is 0.191 e. The Morgan fingerprint density at radius 1 is 1.00 bits per heavy atom. The molecule has 0 saturated carbocycles. The van der Waals surface area contributed by atoms with Gasteiger partial charge in [0.05, 0.1) is 25.8 Å². The first-order valence-electron chi connectivity index (χ1n) is 7.91. The minimum Gasteiger partial charge on any atom is -0.297 e. The first-order valence-corrected chi connectivity index (χ1v) is 7.91. The molecule has 1 aromatic rings. The Hall–Kier alpha value is -1.48. The zero-order valence-electron chi connectivity index (χ0n) is 13.4. The van der Waals surface area contributed by atoms with Crippen LogP contribution < -0.4 is 0 Å². The second kappa shape index (κ2) is 8.73. The fourth-order valence-corrected chi connectivity index (χ4v) is 2.83. The third kappa shape index (κ3) is 5.43. The second-order valence-electron chi connectivity index (χ2n) is 5.58. The van der Waals surface area contributed by atoms with Gasteiger partial charge in [0.15, 0.2) is 5.78 Å². The molecule has 0 aliphatic carbocycles. The summed E-state index contributed by atoms with van der Waals surface area (Å²) in [7, 11) is 0. The van der Waals surface area contributed by atoms with E-state index < -0.39 is 0 Å². The van der Waals surface area contributed by atoms with E-state index in [0.717, 1.165) is 43.4 Å². The van der Waals surface area contributed by atoms with E-state index in [1.54, 1.807) is 6.08 Å². The monoisotopic (exact) mass is 292 g/mol. The largest absolute Gasteiger partial charge is 0.297 e. The zero-order chi connectivity index (χ0) is 15.7. The summed E-state index contributed by atoms with van der Waals surface area (Å²) in [5.41, 5.74) is 0.537. The lowest BCUT2D eigenvalue weighted by molar-refractivity contribution is -0.879. The Morgan fingerprint density at radius 2 is 1.48 bits per heavy atom. The molecule has 0 amide bonds. The van der Waals surface area contributed by atoms with Crippen molar-refractivity contribution in [1.29, 1.82) is 0 Å². The second-order valence-corrected chi connectivity index (χ2v) is 5.58. The van der Waals surface area contributed by atoms with Crippen molar-refractivity contribution in [2.75, 3.05) is 19.6 Å². The number of nitrogens with zero attached hydrogens (tertiary/aromatic N) is 1. The molecular weight excluding hydrogens is 265 g/mol. The molecule has 21 heavy (non-hydrogen) atoms. The summed E-state index contributed by atoms with van der Waals surface area (Å²) in [6, 6.07) is 5.73. The highest BCUT2D eigenvalue weighted by atomic mass is 19.1. The Morgan fingerprint density at radius 3 is 1.90 bits per heavy atom. The molecule has 0 aliphatic heterocycles. The van der Waals surface area contributed by atoms with Crippen molar-refractivity contribution < 1.29 is 13.7 Å². The average molecular weight is 292 g/mol. The number of carbonyl (C=O) groups excluding carboxylic acids is 1. The third-order valence-electron chi connectivity index (χ3n) is 3.68. The van der Waals surface area contributed by atoms with Crippen LogP contribution in [0.4, 0.5) is 4.39 Å². The number of ketones is 1. The Labute approximate surface area is 127 Å². The van der Waals surface area contributed by atoms with Crippen molar-refractivity contribution in [2.45, 2.75) is 40.0 Å². The van der Waals surface area contributed by atoms with Gasteiger partial charge in [0.2, 0.25) is 0 Å². The number of carbonyl (C=O) groups is 1. The standard InChI is InChI=1S/C18H27FNO/c1-4-12-20(13-5-2,14-6-3)15-11-18(21)16-7-9-17(19)10-8-16/h7-11,15H,4-6,12-14H2,1-3H3/q+1/b15-11-. The van der Waals surface area contributed by atoms with Crippen molar-refractivity contribution in [3.05, 3.63) is 47.9 Å². The van der Waals surface area contributed by atoms with E-state index in [0.29, 0.717) is 5.56 Å². The fourth-order valence-electron chi connectivity index (χ4n) is 2.83. The SMILES string of the molecule is CCC[N+](/C=C\C(=O)c1ccc(F)cc1)(CCC)CCC. The van der Waals surface area contributed by atoms with Gasteiger partial charge in [-0.25, -0.2) is 4.39 Å². The summed E-state index contributed by atoms with van der Waals surface area (Å²) in [4.78, 5) is 12.2. The van der Waals surface area contributed by atoms with E-state index >= 15 is 0 Å². The summed E-state index contributed by atoms with van der Waals surface area (Å²) >= 11 is 0. The zero-order valence-corrected chi connectivity index (χ0v) is 13.4. The molecule has 0 aliphatic rings. The lowest BCUT2D eigenvalue weighted by Gasteiger charge is -2.34. The molecule has 0 fully saturated rings. The summed E-state index contributed by atoms with van der Waals surface area (Å²) in [5, 5.41) is 0. The molecule has 0 saturated heterocycles. The molecule has 3 heteroatoms. The molecule has 0 heterocycles. The first-order chi connectivity index (χ1) is 10.1. The van der Waals surface area contributed by atoms with Crippen molar-refractivity contribution in [2.24, 2.45) is 0 Å². The van der Waals surface area contributed by atoms with Crippen LogP contribution in [-0.2, 0) is 0 Å². The Kier molecular flexibility index (Phi) is 7.30. The maximum Gasteiger partial charge on any atom is 0.191 e. The van der Waals surface area contributed by atoms with Crippen LogP contribution in [0.25, 0.3) is 0 Å². The molecule has 0 aromatic heterocycles. The Bertz CT molecular complexity index is 448. The maximum atomic E-state index is 12.9. The predicted molar refractivity (Wildman–Crippen MR) is 85.6 cm³/mol. The van der Waals surface area contributed by atoms with E-state index in [2.05, 4.69) is 20.8 Å². The van der Waals surface area contributed by atoms with Crippen LogP contribution in [0.2, 0.25) is 0 Å². The van der Waals surface area contributed by atoms with Gasteiger partial charge in [-0.15, -0.1) is 0 Å². The highest BCUT2D eigenvalue weighted by molar-refractivity contribution is 6.04. The van der Waals surface area contributed by atoms with Gasteiger partial charge < -0.3 is 0 Å². The number of benzene rings is 1. The van der Waals surface area contributed by atoms with Crippen LogP contribution in [0.5, 0.6) is 0 Å². The number of rotatable bonds is 9. The predicted octanol–water partition coefficient (Wildman–Crippen LogP) is 4.57. The maximum absolute atomic E-state index is 12.9. The van der Waals surface area contributed by atoms with Gasteiger partial charge in [0.1, 0.15) is 5.82 Å². The van der Waals surface area contributed by atoms with Gasteiger partial charge in [-0.3, -0.25) is 9.28 Å². The van der Waals surface area contributed by atoms with Crippen LogP contribution in [0.15, 0.2) is 36.5 Å². The topological polar surface area (TPSA) is 17.1 Å². The van der Waals surface area contributed by atoms with Crippen molar-refractivity contribution in [1.82, 2.24) is 0 Å². The van der Waals surface area contributed by atoms with Crippen LogP contribution in [0.3, 0.4) is 0 Å². The van der Waals surface area contributed by atoms with E-state index in [1.165, 1.54) is 24.3 Å². The summed E-state index contributed by atoms with van der Waals surface area (Å²) in [6.45, 7) is 9.68. The molecule has 0 unspecified atom stereocenters. The fraction of sp³-hybridized carbons (Fsp3) is 0.500. The molecule has 0 bridgehead atoms. The van der Waals surface area contributed by atoms with Crippen LogP contribution in [0, 0.1) is 5.82 Å².